The van der Waals surface area contributed by atoms with E-state index in [0.29, 0.717) is 33.4 Å². The molecule has 1 amide bonds. The van der Waals surface area contributed by atoms with Crippen molar-refractivity contribution in [2.24, 2.45) is 7.05 Å². The summed E-state index contributed by atoms with van der Waals surface area (Å²) in [7, 11) is 3.21. The number of phenols is 1. The van der Waals surface area contributed by atoms with E-state index in [0.717, 1.165) is 41.9 Å². The number of amides is 1. The van der Waals surface area contributed by atoms with Gasteiger partial charge in [-0.3, -0.25) is 19.6 Å². The van der Waals surface area contributed by atoms with Gasteiger partial charge in [0, 0.05) is 21.3 Å². The Kier molecular flexibility index (Phi) is 15.6. The van der Waals surface area contributed by atoms with Crippen molar-refractivity contribution < 1.29 is 33.4 Å². The lowest BCUT2D eigenvalue weighted by Crippen LogP contribution is -2.19. The fourth-order valence-electron chi connectivity index (χ4n) is 4.81. The number of nitrogens with zero attached hydrogens (tertiary/aromatic N) is 2. The van der Waals surface area contributed by atoms with Gasteiger partial charge in [0.1, 0.15) is 5.75 Å². The van der Waals surface area contributed by atoms with Crippen LogP contribution in [0.15, 0.2) is 71.7 Å². The summed E-state index contributed by atoms with van der Waals surface area (Å²) in [6.07, 6.45) is 0. The number of nitrogens with one attached hydrogen (secondary N) is 2. The van der Waals surface area contributed by atoms with Gasteiger partial charge in [0.2, 0.25) is 0 Å². The summed E-state index contributed by atoms with van der Waals surface area (Å²) in [6.45, 7) is 7.54. The number of phenolic OH excluding ortho intramolecular Hbond substituents is 1. The van der Waals surface area contributed by atoms with E-state index in [1.807, 2.05) is 79.8 Å². The van der Waals surface area contributed by atoms with E-state index < -0.39 is 5.91 Å². The summed E-state index contributed by atoms with van der Waals surface area (Å²) in [6, 6.07) is 14.9. The maximum Gasteiger partial charge on any atom is 0.290 e. The van der Waals surface area contributed by atoms with Gasteiger partial charge in [0.25, 0.3) is 22.9 Å². The van der Waals surface area contributed by atoms with Crippen LogP contribution in [-0.2, 0) is 7.05 Å². The van der Waals surface area contributed by atoms with Gasteiger partial charge in [-0.15, -0.1) is 0 Å². The van der Waals surface area contributed by atoms with Gasteiger partial charge in [-0.25, -0.2) is 5.48 Å². The molecule has 3 aromatic heterocycles. The number of H-pyrrole nitrogens is 1. The number of hydrogen-bond acceptors (Lipinski definition) is 10. The highest BCUT2D eigenvalue weighted by molar-refractivity contribution is 14.1. The molecule has 0 spiro atoms. The number of fused-ring (bicyclic) bond motifs is 3. The van der Waals surface area contributed by atoms with Gasteiger partial charge in [0.15, 0.2) is 16.7 Å². The quantitative estimate of drug-likeness (QED) is 0.0741. The number of benzene rings is 4. The zero-order valence-electron chi connectivity index (χ0n) is 27.8. The first kappa shape index (κ1) is 43.2. The van der Waals surface area contributed by atoms with E-state index in [4.69, 9.17) is 23.5 Å². The number of aromatic amines is 1. The van der Waals surface area contributed by atoms with Crippen LogP contribution in [0.2, 0.25) is 0 Å². The molecule has 52 heavy (non-hydrogen) atoms. The Morgan fingerprint density at radius 2 is 1.29 bits per heavy atom. The molecule has 0 aliphatic heterocycles. The van der Waals surface area contributed by atoms with Crippen molar-refractivity contribution in [1.82, 2.24) is 20.5 Å². The highest BCUT2D eigenvalue weighted by atomic mass is 127. The van der Waals surface area contributed by atoms with E-state index in [2.05, 4.69) is 78.1 Å². The first-order valence-corrected chi connectivity index (χ1v) is 18.9. The van der Waals surface area contributed by atoms with Crippen molar-refractivity contribution in [3.8, 4) is 11.6 Å². The van der Waals surface area contributed by atoms with Crippen LogP contribution in [0, 0.1) is 42.0 Å². The minimum absolute atomic E-state index is 0. The zero-order chi connectivity index (χ0) is 37.7. The molecule has 276 valence electrons. The topological polar surface area (TPSA) is 186 Å². The first-order chi connectivity index (χ1) is 24.1. The SMILES string of the molecule is C.COc1noc2c(C)cc(I)cc12.Cc1cc(I)cc(C(=O)NO)c1O.Cc1cc(I)cc2c(=O)[nH]oc12.Cc1cc(I)cc2c(=O)n(C)oc12. The number of carbonyl (C=O) groups is 1. The summed E-state index contributed by atoms with van der Waals surface area (Å²) in [4.78, 5) is 33.6. The highest BCUT2D eigenvalue weighted by Crippen LogP contribution is 2.29. The number of rotatable bonds is 2. The summed E-state index contributed by atoms with van der Waals surface area (Å²) in [5, 5.41) is 26.2. The Balaban J connectivity index is 0.000000186. The molecule has 0 aliphatic carbocycles. The number of ether oxygens (including phenoxy) is 1. The third kappa shape index (κ3) is 10.1. The average molecular weight is 1160 g/mol. The van der Waals surface area contributed by atoms with Crippen LogP contribution in [0.4, 0.5) is 0 Å². The van der Waals surface area contributed by atoms with Gasteiger partial charge in [-0.05, 0) is 194 Å². The van der Waals surface area contributed by atoms with Gasteiger partial charge in [-0.2, -0.15) is 9.90 Å². The van der Waals surface area contributed by atoms with Gasteiger partial charge < -0.3 is 23.4 Å². The van der Waals surface area contributed by atoms with Crippen LogP contribution in [0.25, 0.3) is 32.9 Å². The van der Waals surface area contributed by atoms with E-state index in [9.17, 15) is 19.5 Å². The van der Waals surface area contributed by atoms with Crippen LogP contribution in [0.1, 0.15) is 40.0 Å². The van der Waals surface area contributed by atoms with Crippen molar-refractivity contribution in [3.05, 3.63) is 111 Å². The van der Waals surface area contributed by atoms with E-state index in [-0.39, 0.29) is 29.9 Å². The van der Waals surface area contributed by atoms with Crippen molar-refractivity contribution in [3.63, 3.8) is 0 Å². The van der Waals surface area contributed by atoms with Gasteiger partial charge >= 0.3 is 0 Å². The lowest BCUT2D eigenvalue weighted by Gasteiger charge is -2.05. The number of hydroxylamine groups is 1. The molecule has 4 N–H and O–H groups in total. The number of carbonyl (C=O) groups excluding carboxylic acids is 1. The molecule has 0 saturated heterocycles. The molecule has 0 atom stereocenters. The molecule has 7 rings (SSSR count). The summed E-state index contributed by atoms with van der Waals surface area (Å²) in [5.41, 5.74) is 7.13. The van der Waals surface area contributed by atoms with Crippen LogP contribution in [0.5, 0.6) is 11.6 Å². The average Bonchev–Trinajstić information content (AvgIpc) is 3.75. The molecule has 13 nitrogen and oxygen atoms in total. The molecule has 0 bridgehead atoms. The number of aromatic hydroxyl groups is 1. The Bertz CT molecular complexity index is 2500. The minimum Gasteiger partial charge on any atom is -0.507 e. The molecular weight excluding hydrogens is 1130 g/mol. The fourth-order valence-corrected chi connectivity index (χ4v) is 7.92. The smallest absolute Gasteiger partial charge is 0.290 e. The molecule has 17 heteroatoms. The lowest BCUT2D eigenvalue weighted by atomic mass is 10.1. The predicted molar refractivity (Wildman–Crippen MR) is 233 cm³/mol. The molecule has 4 aromatic carbocycles. The molecule has 0 radical (unpaired) electrons. The molecule has 0 saturated carbocycles. The summed E-state index contributed by atoms with van der Waals surface area (Å²) in [5.74, 6) is -0.261. The largest absolute Gasteiger partial charge is 0.507 e. The molecular formula is C35H34I4N4O9. The van der Waals surface area contributed by atoms with E-state index >= 15 is 0 Å². The predicted octanol–water partition coefficient (Wildman–Crippen LogP) is 8.89. The Labute approximate surface area is 351 Å². The van der Waals surface area contributed by atoms with E-state index in [1.165, 1.54) is 16.3 Å². The zero-order valence-corrected chi connectivity index (χ0v) is 36.4. The second kappa shape index (κ2) is 18.7. The van der Waals surface area contributed by atoms with Crippen LogP contribution >= 0.6 is 90.4 Å². The van der Waals surface area contributed by atoms with Crippen molar-refractivity contribution in [2.45, 2.75) is 35.1 Å². The fraction of sp³-hybridized carbons (Fsp3) is 0.200. The van der Waals surface area contributed by atoms with Crippen LogP contribution in [-0.4, -0.2) is 38.4 Å². The number of methoxy groups -OCH3 is 1. The molecule has 7 aromatic rings. The Morgan fingerprint density at radius 3 is 1.87 bits per heavy atom. The Hall–Kier alpha value is -3.16. The number of aryl methyl sites for hydroxylation is 5. The molecule has 0 fully saturated rings. The van der Waals surface area contributed by atoms with Gasteiger partial charge in [0.05, 0.1) is 28.8 Å². The van der Waals surface area contributed by atoms with E-state index in [1.54, 1.807) is 27.1 Å². The Morgan fingerprint density at radius 1 is 0.788 bits per heavy atom. The second-order valence-electron chi connectivity index (χ2n) is 11.0. The van der Waals surface area contributed by atoms with Crippen LogP contribution in [0.3, 0.4) is 0 Å². The maximum atomic E-state index is 11.5. The molecule has 3 heterocycles. The minimum atomic E-state index is -0.709. The third-order valence-electron chi connectivity index (χ3n) is 7.21. The lowest BCUT2D eigenvalue weighted by molar-refractivity contribution is 0.0703. The second-order valence-corrected chi connectivity index (χ2v) is 16.0. The number of hydrogen-bond donors (Lipinski definition) is 4. The molecule has 0 aliphatic rings. The van der Waals surface area contributed by atoms with Gasteiger partial charge in [-0.1, -0.05) is 7.43 Å². The maximum absolute atomic E-state index is 11.5. The van der Waals surface area contributed by atoms with Crippen molar-refractivity contribution >= 4 is 129 Å². The third-order valence-corrected chi connectivity index (χ3v) is 9.70. The monoisotopic (exact) mass is 1160 g/mol. The summed E-state index contributed by atoms with van der Waals surface area (Å²) < 4.78 is 25.8. The highest BCUT2D eigenvalue weighted by Gasteiger charge is 2.14. The summed E-state index contributed by atoms with van der Waals surface area (Å²) >= 11 is 8.65. The van der Waals surface area contributed by atoms with Crippen molar-refractivity contribution in [1.29, 1.82) is 0 Å². The molecule has 0 unspecified atom stereocenters. The van der Waals surface area contributed by atoms with Crippen LogP contribution < -0.4 is 21.3 Å². The van der Waals surface area contributed by atoms with Crippen molar-refractivity contribution in [2.75, 3.05) is 7.11 Å². The number of aromatic nitrogens is 3. The standard InChI is InChI=1S/2C9H8INO2.C8H8INO3.C8H6INO2.CH4/c1-5-3-6(10)4-7-8(5)13-11-9(7)12-2;1-5-3-6(10)4-7-8(5)13-11(2)9(7)12;1-4-2-5(9)3-6(7(4)11)8(12)10-13;1-4-2-5(9)3-6-7(4)12-10-8(6)11;/h2*3-4H,1-2H3;2-3,11,13H,1H3,(H,10,12);2-3H,1H3,(H,10,11);1H4. The first-order valence-electron chi connectivity index (χ1n) is 14.6. The normalized spacial score (nSPS) is 10.4. The number of halogens is 4.